The van der Waals surface area contributed by atoms with Crippen molar-refractivity contribution in [1.82, 2.24) is 5.32 Å². The van der Waals surface area contributed by atoms with E-state index in [0.29, 0.717) is 5.69 Å². The first-order valence-corrected chi connectivity index (χ1v) is 7.62. The molecule has 0 bridgehead atoms. The maximum atomic E-state index is 13.6. The summed E-state index contributed by atoms with van der Waals surface area (Å²) in [6.07, 6.45) is 0. The van der Waals surface area contributed by atoms with Gasteiger partial charge in [-0.25, -0.2) is 13.6 Å². The zero-order valence-corrected chi connectivity index (χ0v) is 13.0. The van der Waals surface area contributed by atoms with E-state index in [0.717, 1.165) is 23.9 Å². The Kier molecular flexibility index (Phi) is 5.70. The van der Waals surface area contributed by atoms with E-state index in [1.807, 2.05) is 0 Å². The van der Waals surface area contributed by atoms with Gasteiger partial charge in [0.05, 0.1) is 5.25 Å². The molecule has 0 heterocycles. The topological polar surface area (TPSA) is 58.2 Å². The fourth-order valence-corrected chi connectivity index (χ4v) is 2.58. The first-order valence-electron chi connectivity index (χ1n) is 6.74. The number of rotatable bonds is 4. The summed E-state index contributed by atoms with van der Waals surface area (Å²) in [6.45, 7) is 1.53. The maximum absolute atomic E-state index is 13.6. The smallest absolute Gasteiger partial charge is 0.308 e. The second kappa shape index (κ2) is 7.73. The lowest BCUT2D eigenvalue weighted by Crippen LogP contribution is -2.38. The third-order valence-electron chi connectivity index (χ3n) is 2.84. The standard InChI is InChI=1S/C16H14F2N2O2S/c1-10(23-14-8-7-11(17)9-13(14)18)15(21)20-16(22)19-12-5-3-2-4-6-12/h2-10H,1H3,(H2,19,20,21,22). The molecule has 2 N–H and O–H groups in total. The van der Waals surface area contributed by atoms with Crippen molar-refractivity contribution in [3.05, 3.63) is 60.2 Å². The van der Waals surface area contributed by atoms with Crippen molar-refractivity contribution in [2.75, 3.05) is 5.32 Å². The molecule has 0 aliphatic carbocycles. The van der Waals surface area contributed by atoms with Gasteiger partial charge in [-0.05, 0) is 31.2 Å². The van der Waals surface area contributed by atoms with Gasteiger partial charge in [-0.15, -0.1) is 11.8 Å². The molecule has 4 nitrogen and oxygen atoms in total. The van der Waals surface area contributed by atoms with Crippen molar-refractivity contribution in [1.29, 1.82) is 0 Å². The molecule has 120 valence electrons. The van der Waals surface area contributed by atoms with Crippen LogP contribution in [0.15, 0.2) is 53.4 Å². The van der Waals surface area contributed by atoms with Crippen LogP contribution in [0.3, 0.4) is 0 Å². The van der Waals surface area contributed by atoms with E-state index in [-0.39, 0.29) is 4.90 Å². The number of anilines is 1. The highest BCUT2D eigenvalue weighted by Gasteiger charge is 2.19. The minimum atomic E-state index is -0.747. The molecule has 1 unspecified atom stereocenters. The molecular formula is C16H14F2N2O2S. The largest absolute Gasteiger partial charge is 0.325 e. The molecule has 23 heavy (non-hydrogen) atoms. The third-order valence-corrected chi connectivity index (χ3v) is 3.99. The predicted octanol–water partition coefficient (Wildman–Crippen LogP) is 3.79. The second-order valence-corrected chi connectivity index (χ2v) is 6.03. The molecule has 3 amide bonds. The molecule has 0 spiro atoms. The number of hydrogen-bond acceptors (Lipinski definition) is 3. The maximum Gasteiger partial charge on any atom is 0.325 e. The predicted molar refractivity (Wildman–Crippen MR) is 85.3 cm³/mol. The Balaban J connectivity index is 1.90. The molecule has 2 rings (SSSR count). The van der Waals surface area contributed by atoms with E-state index in [4.69, 9.17) is 0 Å². The molecule has 0 saturated heterocycles. The van der Waals surface area contributed by atoms with Gasteiger partial charge < -0.3 is 5.32 Å². The summed E-state index contributed by atoms with van der Waals surface area (Å²) >= 11 is 0.902. The minimum Gasteiger partial charge on any atom is -0.308 e. The first kappa shape index (κ1) is 17.0. The minimum absolute atomic E-state index is 0.137. The molecule has 0 aromatic heterocycles. The molecule has 0 saturated carbocycles. The first-order chi connectivity index (χ1) is 11.0. The lowest BCUT2D eigenvalue weighted by atomic mass is 10.3. The van der Waals surface area contributed by atoms with Crippen molar-refractivity contribution in [3.8, 4) is 0 Å². The SMILES string of the molecule is CC(Sc1ccc(F)cc1F)C(=O)NC(=O)Nc1ccccc1. The van der Waals surface area contributed by atoms with Gasteiger partial charge in [-0.2, -0.15) is 0 Å². The van der Waals surface area contributed by atoms with Crippen LogP contribution in [0.2, 0.25) is 0 Å². The average molecular weight is 336 g/mol. The van der Waals surface area contributed by atoms with Gasteiger partial charge in [-0.1, -0.05) is 18.2 Å². The molecule has 2 aromatic carbocycles. The number of imide groups is 1. The van der Waals surface area contributed by atoms with Gasteiger partial charge in [0.25, 0.3) is 0 Å². The fraction of sp³-hybridized carbons (Fsp3) is 0.125. The van der Waals surface area contributed by atoms with Crippen LogP contribution < -0.4 is 10.6 Å². The molecule has 1 atom stereocenters. The van der Waals surface area contributed by atoms with Crippen LogP contribution in [0.1, 0.15) is 6.92 Å². The molecule has 0 aliphatic heterocycles. The van der Waals surface area contributed by atoms with E-state index < -0.39 is 28.8 Å². The van der Waals surface area contributed by atoms with Gasteiger partial charge in [0.2, 0.25) is 5.91 Å². The molecule has 0 fully saturated rings. The highest BCUT2D eigenvalue weighted by molar-refractivity contribution is 8.00. The molecular weight excluding hydrogens is 322 g/mol. The van der Waals surface area contributed by atoms with Gasteiger partial charge in [0.1, 0.15) is 11.6 Å². The van der Waals surface area contributed by atoms with Crippen molar-refractivity contribution < 1.29 is 18.4 Å². The number of halogens is 2. The highest BCUT2D eigenvalue weighted by atomic mass is 32.2. The number of para-hydroxylation sites is 1. The zero-order chi connectivity index (χ0) is 16.8. The number of urea groups is 1. The van der Waals surface area contributed by atoms with Crippen LogP contribution in [-0.2, 0) is 4.79 Å². The van der Waals surface area contributed by atoms with E-state index in [9.17, 15) is 18.4 Å². The number of amides is 3. The number of carbonyl (C=O) groups excluding carboxylic acids is 2. The second-order valence-electron chi connectivity index (χ2n) is 4.64. The Hall–Kier alpha value is -2.41. The Morgan fingerprint density at radius 1 is 1.09 bits per heavy atom. The van der Waals surface area contributed by atoms with Crippen LogP contribution in [0, 0.1) is 11.6 Å². The normalized spacial score (nSPS) is 11.6. The van der Waals surface area contributed by atoms with E-state index in [2.05, 4.69) is 10.6 Å². The van der Waals surface area contributed by atoms with Crippen LogP contribution in [0.25, 0.3) is 0 Å². The molecule has 2 aromatic rings. The van der Waals surface area contributed by atoms with Crippen LogP contribution in [0.5, 0.6) is 0 Å². The summed E-state index contributed by atoms with van der Waals surface area (Å²) in [5.74, 6) is -2.01. The summed E-state index contributed by atoms with van der Waals surface area (Å²) in [6, 6.07) is 11.1. The average Bonchev–Trinajstić information content (AvgIpc) is 2.50. The van der Waals surface area contributed by atoms with Gasteiger partial charge in [0, 0.05) is 16.6 Å². The van der Waals surface area contributed by atoms with E-state index >= 15 is 0 Å². The van der Waals surface area contributed by atoms with Crippen molar-refractivity contribution >= 4 is 29.4 Å². The number of nitrogens with one attached hydrogen (secondary N) is 2. The van der Waals surface area contributed by atoms with Gasteiger partial charge in [0.15, 0.2) is 0 Å². The number of carbonyl (C=O) groups is 2. The Labute approximate surface area is 136 Å². The highest BCUT2D eigenvalue weighted by Crippen LogP contribution is 2.26. The number of benzene rings is 2. The number of thioether (sulfide) groups is 1. The Morgan fingerprint density at radius 3 is 2.43 bits per heavy atom. The fourth-order valence-electron chi connectivity index (χ4n) is 1.71. The zero-order valence-electron chi connectivity index (χ0n) is 12.2. The van der Waals surface area contributed by atoms with Gasteiger partial charge >= 0.3 is 6.03 Å². The molecule has 0 aliphatic rings. The Morgan fingerprint density at radius 2 is 1.78 bits per heavy atom. The summed E-state index contributed by atoms with van der Waals surface area (Å²) in [4.78, 5) is 23.8. The lowest BCUT2D eigenvalue weighted by molar-refractivity contribution is -0.119. The van der Waals surface area contributed by atoms with Crippen LogP contribution >= 0.6 is 11.8 Å². The molecule has 0 radical (unpaired) electrons. The third kappa shape index (κ3) is 5.07. The van der Waals surface area contributed by atoms with Crippen LogP contribution in [0.4, 0.5) is 19.3 Å². The van der Waals surface area contributed by atoms with E-state index in [1.54, 1.807) is 30.3 Å². The summed E-state index contributed by atoms with van der Waals surface area (Å²) in [5.41, 5.74) is 0.544. The van der Waals surface area contributed by atoms with Crippen molar-refractivity contribution in [3.63, 3.8) is 0 Å². The van der Waals surface area contributed by atoms with Crippen molar-refractivity contribution in [2.24, 2.45) is 0 Å². The summed E-state index contributed by atoms with van der Waals surface area (Å²) < 4.78 is 26.4. The number of hydrogen-bond donors (Lipinski definition) is 2. The van der Waals surface area contributed by atoms with Crippen molar-refractivity contribution in [2.45, 2.75) is 17.1 Å². The van der Waals surface area contributed by atoms with Crippen LogP contribution in [-0.4, -0.2) is 17.2 Å². The quantitative estimate of drug-likeness (QED) is 0.835. The summed E-state index contributed by atoms with van der Waals surface area (Å²) in [5, 5.41) is 3.95. The van der Waals surface area contributed by atoms with Gasteiger partial charge in [-0.3, -0.25) is 10.1 Å². The Bertz CT molecular complexity index is 710. The lowest BCUT2D eigenvalue weighted by Gasteiger charge is -2.12. The summed E-state index contributed by atoms with van der Waals surface area (Å²) in [7, 11) is 0. The van der Waals surface area contributed by atoms with E-state index in [1.165, 1.54) is 13.0 Å². The monoisotopic (exact) mass is 336 g/mol. The molecule has 7 heteroatoms.